The van der Waals surface area contributed by atoms with Crippen molar-refractivity contribution in [2.45, 2.75) is 59.3 Å². The fourth-order valence-electron chi connectivity index (χ4n) is 2.07. The third-order valence-electron chi connectivity index (χ3n) is 3.31. The number of amides is 2. The molecule has 0 radical (unpaired) electrons. The highest BCUT2D eigenvalue weighted by Gasteiger charge is 2.19. The summed E-state index contributed by atoms with van der Waals surface area (Å²) in [5, 5.41) is 10.0. The maximum atomic E-state index is 12.0. The van der Waals surface area contributed by atoms with E-state index in [4.69, 9.17) is 0 Å². The standard InChI is InChI=1S/C15H28N4O2S/c1-10(2)19-12(4)13(11(3)18-19)17-14(20)16-8-9-22(21)15(5,6)7/h10H,8-9H2,1-7H3,(H2,16,17,20). The van der Waals surface area contributed by atoms with Crippen LogP contribution in [-0.2, 0) is 10.8 Å². The van der Waals surface area contributed by atoms with Crippen molar-refractivity contribution in [1.29, 1.82) is 0 Å². The van der Waals surface area contributed by atoms with E-state index in [9.17, 15) is 9.00 Å². The van der Waals surface area contributed by atoms with Gasteiger partial charge >= 0.3 is 6.03 Å². The molecule has 126 valence electrons. The molecule has 2 amide bonds. The quantitative estimate of drug-likeness (QED) is 0.872. The molecule has 1 atom stereocenters. The zero-order valence-electron chi connectivity index (χ0n) is 14.6. The third-order valence-corrected chi connectivity index (χ3v) is 5.25. The molecule has 1 aromatic rings. The Morgan fingerprint density at radius 3 is 2.36 bits per heavy atom. The first-order valence-electron chi connectivity index (χ1n) is 7.53. The van der Waals surface area contributed by atoms with Crippen LogP contribution >= 0.6 is 0 Å². The molecule has 2 N–H and O–H groups in total. The highest BCUT2D eigenvalue weighted by Crippen LogP contribution is 2.22. The maximum absolute atomic E-state index is 12.0. The minimum absolute atomic E-state index is 0.242. The zero-order chi connectivity index (χ0) is 17.1. The summed E-state index contributed by atoms with van der Waals surface area (Å²) in [6.45, 7) is 14.1. The molecule has 1 heterocycles. The Morgan fingerprint density at radius 1 is 1.32 bits per heavy atom. The Balaban J connectivity index is 2.58. The molecular weight excluding hydrogens is 300 g/mol. The van der Waals surface area contributed by atoms with Gasteiger partial charge in [0.05, 0.1) is 17.1 Å². The Labute approximate surface area is 135 Å². The van der Waals surface area contributed by atoms with Gasteiger partial charge in [0.1, 0.15) is 0 Å². The van der Waals surface area contributed by atoms with Crippen LogP contribution in [0.2, 0.25) is 0 Å². The van der Waals surface area contributed by atoms with Crippen molar-refractivity contribution in [2.75, 3.05) is 17.6 Å². The Bertz CT molecular complexity index is 559. The molecule has 22 heavy (non-hydrogen) atoms. The van der Waals surface area contributed by atoms with Crippen LogP contribution in [0.1, 0.15) is 52.0 Å². The first-order valence-corrected chi connectivity index (χ1v) is 8.85. The van der Waals surface area contributed by atoms with Crippen molar-refractivity contribution >= 4 is 22.5 Å². The Hall–Kier alpha value is -1.37. The summed E-state index contributed by atoms with van der Waals surface area (Å²) in [6.07, 6.45) is 0. The lowest BCUT2D eigenvalue weighted by atomic mass is 10.3. The van der Waals surface area contributed by atoms with Gasteiger partial charge in [0, 0.05) is 33.9 Å². The number of aryl methyl sites for hydroxylation is 1. The van der Waals surface area contributed by atoms with E-state index >= 15 is 0 Å². The first kappa shape index (κ1) is 18.7. The number of nitrogens with zero attached hydrogens (tertiary/aromatic N) is 2. The summed E-state index contributed by atoms with van der Waals surface area (Å²) < 4.78 is 13.5. The van der Waals surface area contributed by atoms with Crippen LogP contribution < -0.4 is 10.6 Å². The van der Waals surface area contributed by atoms with E-state index in [1.807, 2.05) is 53.1 Å². The molecule has 0 aliphatic heterocycles. The molecular formula is C15H28N4O2S. The summed E-state index contributed by atoms with van der Waals surface area (Å²) in [5.41, 5.74) is 2.46. The number of anilines is 1. The third kappa shape index (κ3) is 4.83. The van der Waals surface area contributed by atoms with Crippen LogP contribution in [-0.4, -0.2) is 37.1 Å². The summed E-state index contributed by atoms with van der Waals surface area (Å²) in [7, 11) is -0.970. The summed E-state index contributed by atoms with van der Waals surface area (Å²) in [6, 6.07) is -0.0491. The number of hydrogen-bond acceptors (Lipinski definition) is 3. The second-order valence-corrected chi connectivity index (χ2v) is 8.95. The van der Waals surface area contributed by atoms with E-state index < -0.39 is 10.8 Å². The highest BCUT2D eigenvalue weighted by atomic mass is 32.2. The second-order valence-electron chi connectivity index (χ2n) is 6.63. The zero-order valence-corrected chi connectivity index (χ0v) is 15.4. The number of hydrogen-bond donors (Lipinski definition) is 2. The van der Waals surface area contributed by atoms with Crippen molar-refractivity contribution in [3.63, 3.8) is 0 Å². The maximum Gasteiger partial charge on any atom is 0.319 e. The van der Waals surface area contributed by atoms with Gasteiger partial charge in [0.25, 0.3) is 0 Å². The molecule has 0 aliphatic carbocycles. The van der Waals surface area contributed by atoms with Crippen molar-refractivity contribution in [3.05, 3.63) is 11.4 Å². The van der Waals surface area contributed by atoms with Gasteiger partial charge in [-0.05, 0) is 48.5 Å². The van der Waals surface area contributed by atoms with Crippen LogP contribution in [0.5, 0.6) is 0 Å². The van der Waals surface area contributed by atoms with Crippen LogP contribution in [0, 0.1) is 13.8 Å². The van der Waals surface area contributed by atoms with Gasteiger partial charge in [-0.15, -0.1) is 0 Å². The molecule has 0 spiro atoms. The number of aromatic nitrogens is 2. The predicted molar refractivity (Wildman–Crippen MR) is 91.9 cm³/mol. The average molecular weight is 328 g/mol. The normalized spacial score (nSPS) is 13.3. The van der Waals surface area contributed by atoms with Crippen molar-refractivity contribution in [1.82, 2.24) is 15.1 Å². The van der Waals surface area contributed by atoms with Gasteiger partial charge in [0.2, 0.25) is 0 Å². The van der Waals surface area contributed by atoms with Crippen molar-refractivity contribution < 1.29 is 9.00 Å². The molecule has 0 saturated carbocycles. The Morgan fingerprint density at radius 2 is 1.91 bits per heavy atom. The molecule has 0 saturated heterocycles. The van der Waals surface area contributed by atoms with Crippen LogP contribution in [0.25, 0.3) is 0 Å². The summed E-state index contributed by atoms with van der Waals surface area (Å²) in [5.74, 6) is 0.445. The van der Waals surface area contributed by atoms with Crippen molar-refractivity contribution in [2.24, 2.45) is 0 Å². The lowest BCUT2D eigenvalue weighted by Crippen LogP contribution is -2.35. The SMILES string of the molecule is Cc1nn(C(C)C)c(C)c1NC(=O)NCCS(=O)C(C)(C)C. The summed E-state index contributed by atoms with van der Waals surface area (Å²) >= 11 is 0. The van der Waals surface area contributed by atoms with E-state index in [0.717, 1.165) is 17.1 Å². The molecule has 0 aromatic carbocycles. The number of nitrogens with one attached hydrogen (secondary N) is 2. The molecule has 1 unspecified atom stereocenters. The van der Waals surface area contributed by atoms with Crippen molar-refractivity contribution in [3.8, 4) is 0 Å². The van der Waals surface area contributed by atoms with Gasteiger partial charge in [-0.2, -0.15) is 5.10 Å². The topological polar surface area (TPSA) is 76.0 Å². The van der Waals surface area contributed by atoms with Gasteiger partial charge in [0.15, 0.2) is 0 Å². The number of rotatable bonds is 5. The van der Waals surface area contributed by atoms with Crippen LogP contribution in [0.15, 0.2) is 0 Å². The smallest absolute Gasteiger partial charge is 0.319 e. The highest BCUT2D eigenvalue weighted by molar-refractivity contribution is 7.86. The molecule has 6 nitrogen and oxygen atoms in total. The Kier molecular flexibility index (Phi) is 6.17. The second kappa shape index (κ2) is 7.26. The summed E-state index contributed by atoms with van der Waals surface area (Å²) in [4.78, 5) is 12.0. The lowest BCUT2D eigenvalue weighted by Gasteiger charge is -2.17. The average Bonchev–Trinajstić information content (AvgIpc) is 2.65. The predicted octanol–water partition coefficient (Wildman–Crippen LogP) is 2.75. The number of carbonyl (C=O) groups is 1. The monoisotopic (exact) mass is 328 g/mol. The minimum atomic E-state index is -0.970. The van der Waals surface area contributed by atoms with E-state index in [-0.39, 0.29) is 16.8 Å². The largest absolute Gasteiger partial charge is 0.337 e. The molecule has 1 rings (SSSR count). The van der Waals surface area contributed by atoms with Gasteiger partial charge in [-0.3, -0.25) is 8.89 Å². The number of carbonyl (C=O) groups excluding carboxylic acids is 1. The molecule has 0 bridgehead atoms. The lowest BCUT2D eigenvalue weighted by molar-refractivity contribution is 0.252. The van der Waals surface area contributed by atoms with Gasteiger partial charge in [-0.25, -0.2) is 4.79 Å². The minimum Gasteiger partial charge on any atom is -0.337 e. The first-order chi connectivity index (χ1) is 10.0. The fourth-order valence-corrected chi connectivity index (χ4v) is 2.97. The van der Waals surface area contributed by atoms with E-state index in [1.54, 1.807) is 0 Å². The van der Waals surface area contributed by atoms with Crippen LogP contribution in [0.3, 0.4) is 0 Å². The number of urea groups is 1. The van der Waals surface area contributed by atoms with Crippen LogP contribution in [0.4, 0.5) is 10.5 Å². The van der Waals surface area contributed by atoms with E-state index in [0.29, 0.717) is 12.3 Å². The molecule has 0 fully saturated rings. The molecule has 0 aliphatic rings. The molecule has 7 heteroatoms. The van der Waals surface area contributed by atoms with Gasteiger partial charge in [-0.1, -0.05) is 0 Å². The van der Waals surface area contributed by atoms with Gasteiger partial charge < -0.3 is 10.6 Å². The van der Waals surface area contributed by atoms with E-state index in [1.165, 1.54) is 0 Å². The molecule has 1 aromatic heterocycles. The van der Waals surface area contributed by atoms with E-state index in [2.05, 4.69) is 15.7 Å². The fraction of sp³-hybridized carbons (Fsp3) is 0.733.